The van der Waals surface area contributed by atoms with Gasteiger partial charge in [-0.05, 0) is 46.1 Å². The molecule has 0 aliphatic carbocycles. The average molecular weight is 429 g/mol. The standard InChI is InChI=1S/C21H23N3O5S/c1-12-17(30-11-22-12)8-28-14-5-6-16-15(7-14)18(13(2)29-16)19(25)23-20(26)21(24(3)4)9-27-10-21/h5-7,11H,8-10H2,1-4H3,(H,23,25,26). The Balaban J connectivity index is 1.57. The number of furan rings is 1. The molecule has 9 heteroatoms. The molecule has 2 aromatic heterocycles. The van der Waals surface area contributed by atoms with E-state index < -0.39 is 11.4 Å². The van der Waals surface area contributed by atoms with Crippen molar-refractivity contribution < 1.29 is 23.5 Å². The summed E-state index contributed by atoms with van der Waals surface area (Å²) in [5, 5.41) is 3.11. The lowest BCUT2D eigenvalue weighted by molar-refractivity contribution is -0.163. The Hall–Kier alpha value is -2.75. The molecule has 0 unspecified atom stereocenters. The molecule has 30 heavy (non-hydrogen) atoms. The summed E-state index contributed by atoms with van der Waals surface area (Å²) >= 11 is 1.53. The van der Waals surface area contributed by atoms with Crippen LogP contribution in [-0.2, 0) is 16.1 Å². The quantitative estimate of drug-likeness (QED) is 0.602. The minimum Gasteiger partial charge on any atom is -0.488 e. The second kappa shape index (κ2) is 7.82. The number of hydrogen-bond donors (Lipinski definition) is 1. The Morgan fingerprint density at radius 3 is 2.67 bits per heavy atom. The first-order valence-electron chi connectivity index (χ1n) is 9.48. The Labute approximate surface area is 177 Å². The number of rotatable bonds is 6. The molecule has 0 bridgehead atoms. The smallest absolute Gasteiger partial charge is 0.262 e. The van der Waals surface area contributed by atoms with E-state index in [0.29, 0.717) is 34.6 Å². The third kappa shape index (κ3) is 3.49. The maximum Gasteiger partial charge on any atom is 0.262 e. The van der Waals surface area contributed by atoms with Crippen LogP contribution in [0.3, 0.4) is 0 Å². The SMILES string of the molecule is Cc1ncsc1COc1ccc2oc(C)c(C(=O)NC(=O)C3(N(C)C)COC3)c2c1. The summed E-state index contributed by atoms with van der Waals surface area (Å²) in [5.74, 6) is 0.161. The van der Waals surface area contributed by atoms with Gasteiger partial charge in [-0.3, -0.25) is 19.8 Å². The number of nitrogens with zero attached hydrogens (tertiary/aromatic N) is 2. The Bertz CT molecular complexity index is 1110. The highest BCUT2D eigenvalue weighted by Crippen LogP contribution is 2.30. The first kappa shape index (κ1) is 20.5. The van der Waals surface area contributed by atoms with Gasteiger partial charge in [0.25, 0.3) is 11.8 Å². The van der Waals surface area contributed by atoms with E-state index in [9.17, 15) is 9.59 Å². The number of thiazole rings is 1. The molecular formula is C21H23N3O5S. The van der Waals surface area contributed by atoms with Crippen molar-refractivity contribution in [1.29, 1.82) is 0 Å². The predicted octanol–water partition coefficient (Wildman–Crippen LogP) is 2.67. The minimum atomic E-state index is -0.829. The molecule has 0 spiro atoms. The molecule has 2 amide bonds. The number of ether oxygens (including phenoxy) is 2. The van der Waals surface area contributed by atoms with Crippen LogP contribution < -0.4 is 10.1 Å². The van der Waals surface area contributed by atoms with E-state index in [1.54, 1.807) is 49.6 Å². The van der Waals surface area contributed by atoms with Gasteiger partial charge in [0.05, 0.1) is 34.9 Å². The van der Waals surface area contributed by atoms with Crippen molar-refractivity contribution in [3.63, 3.8) is 0 Å². The van der Waals surface area contributed by atoms with Crippen molar-refractivity contribution in [2.45, 2.75) is 26.0 Å². The van der Waals surface area contributed by atoms with Gasteiger partial charge >= 0.3 is 0 Å². The highest BCUT2D eigenvalue weighted by molar-refractivity contribution is 7.09. The topological polar surface area (TPSA) is 93.9 Å². The molecule has 3 aromatic rings. The number of benzene rings is 1. The normalized spacial score (nSPS) is 15.2. The number of aryl methyl sites for hydroxylation is 2. The van der Waals surface area contributed by atoms with Crippen molar-refractivity contribution in [2.75, 3.05) is 27.3 Å². The van der Waals surface area contributed by atoms with Crippen LogP contribution in [0.25, 0.3) is 11.0 Å². The summed E-state index contributed by atoms with van der Waals surface area (Å²) in [4.78, 5) is 32.8. The Kier molecular flexibility index (Phi) is 5.35. The van der Waals surface area contributed by atoms with Gasteiger partial charge in [-0.25, -0.2) is 4.98 Å². The van der Waals surface area contributed by atoms with Crippen molar-refractivity contribution in [3.8, 4) is 5.75 Å². The van der Waals surface area contributed by atoms with Crippen molar-refractivity contribution in [3.05, 3.63) is 45.6 Å². The van der Waals surface area contributed by atoms with E-state index in [-0.39, 0.29) is 19.1 Å². The zero-order chi connectivity index (χ0) is 21.5. The number of aromatic nitrogens is 1. The maximum atomic E-state index is 13.0. The first-order chi connectivity index (χ1) is 14.3. The van der Waals surface area contributed by atoms with Crippen LogP contribution >= 0.6 is 11.3 Å². The molecule has 3 heterocycles. The van der Waals surface area contributed by atoms with Crippen molar-refractivity contribution >= 4 is 34.1 Å². The highest BCUT2D eigenvalue weighted by atomic mass is 32.1. The third-order valence-corrected chi connectivity index (χ3v) is 6.37. The Morgan fingerprint density at radius 1 is 1.30 bits per heavy atom. The molecule has 4 rings (SSSR count). The molecule has 1 aliphatic heterocycles. The summed E-state index contributed by atoms with van der Waals surface area (Å²) in [7, 11) is 3.58. The summed E-state index contributed by atoms with van der Waals surface area (Å²) in [6.45, 7) is 4.53. The van der Waals surface area contributed by atoms with Crippen LogP contribution in [0.15, 0.2) is 28.1 Å². The predicted molar refractivity (Wildman–Crippen MR) is 112 cm³/mol. The van der Waals surface area contributed by atoms with Gasteiger partial charge in [-0.1, -0.05) is 0 Å². The molecule has 0 atom stereocenters. The lowest BCUT2D eigenvalue weighted by Crippen LogP contribution is -2.68. The van der Waals surface area contributed by atoms with Gasteiger partial charge in [0, 0.05) is 5.39 Å². The fourth-order valence-corrected chi connectivity index (χ4v) is 4.04. The average Bonchev–Trinajstić information content (AvgIpc) is 3.19. The van der Waals surface area contributed by atoms with E-state index >= 15 is 0 Å². The monoisotopic (exact) mass is 429 g/mol. The van der Waals surface area contributed by atoms with Crippen LogP contribution in [-0.4, -0.2) is 54.5 Å². The summed E-state index contributed by atoms with van der Waals surface area (Å²) < 4.78 is 16.8. The lowest BCUT2D eigenvalue weighted by Gasteiger charge is -2.44. The summed E-state index contributed by atoms with van der Waals surface area (Å²) in [6.07, 6.45) is 0. The van der Waals surface area contributed by atoms with E-state index in [0.717, 1.165) is 10.6 Å². The number of nitrogens with one attached hydrogen (secondary N) is 1. The van der Waals surface area contributed by atoms with Crippen LogP contribution in [0.5, 0.6) is 5.75 Å². The minimum absolute atomic E-state index is 0.249. The fraction of sp³-hybridized carbons (Fsp3) is 0.381. The number of fused-ring (bicyclic) bond motifs is 1. The molecular weight excluding hydrogens is 406 g/mol. The van der Waals surface area contributed by atoms with Gasteiger partial charge < -0.3 is 13.9 Å². The van der Waals surface area contributed by atoms with E-state index in [4.69, 9.17) is 13.9 Å². The molecule has 1 fully saturated rings. The molecule has 1 aromatic carbocycles. The van der Waals surface area contributed by atoms with Gasteiger partial charge in [-0.15, -0.1) is 11.3 Å². The second-order valence-corrected chi connectivity index (χ2v) is 8.48. The number of likely N-dealkylation sites (N-methyl/N-ethyl adjacent to an activating group) is 1. The van der Waals surface area contributed by atoms with Gasteiger partial charge in [-0.2, -0.15) is 0 Å². The van der Waals surface area contributed by atoms with Crippen molar-refractivity contribution in [1.82, 2.24) is 15.2 Å². The van der Waals surface area contributed by atoms with Gasteiger partial charge in [0.15, 0.2) is 0 Å². The largest absolute Gasteiger partial charge is 0.488 e. The first-order valence-corrected chi connectivity index (χ1v) is 10.4. The zero-order valence-electron chi connectivity index (χ0n) is 17.3. The molecule has 158 valence electrons. The van der Waals surface area contributed by atoms with Crippen molar-refractivity contribution in [2.24, 2.45) is 0 Å². The molecule has 1 N–H and O–H groups in total. The highest BCUT2D eigenvalue weighted by Gasteiger charge is 2.48. The van der Waals surface area contributed by atoms with E-state index in [2.05, 4.69) is 10.3 Å². The number of carbonyl (C=O) groups is 2. The van der Waals surface area contributed by atoms with E-state index in [1.807, 2.05) is 6.92 Å². The number of hydrogen-bond acceptors (Lipinski definition) is 8. The van der Waals surface area contributed by atoms with Crippen LogP contribution in [0.4, 0.5) is 0 Å². The fourth-order valence-electron chi connectivity index (χ4n) is 3.35. The molecule has 8 nitrogen and oxygen atoms in total. The van der Waals surface area contributed by atoms with Gasteiger partial charge in [0.2, 0.25) is 0 Å². The molecule has 1 aliphatic rings. The maximum absolute atomic E-state index is 13.0. The molecule has 0 radical (unpaired) electrons. The molecule has 0 saturated carbocycles. The second-order valence-electron chi connectivity index (χ2n) is 7.54. The van der Waals surface area contributed by atoms with E-state index in [1.165, 1.54) is 11.3 Å². The number of amides is 2. The zero-order valence-corrected chi connectivity index (χ0v) is 18.1. The van der Waals surface area contributed by atoms with Crippen LogP contribution in [0.2, 0.25) is 0 Å². The van der Waals surface area contributed by atoms with Gasteiger partial charge in [0.1, 0.15) is 29.2 Å². The number of carbonyl (C=O) groups excluding carboxylic acids is 2. The third-order valence-electron chi connectivity index (χ3n) is 5.46. The Morgan fingerprint density at radius 2 is 2.07 bits per heavy atom. The van der Waals surface area contributed by atoms with Crippen LogP contribution in [0, 0.1) is 13.8 Å². The summed E-state index contributed by atoms with van der Waals surface area (Å²) in [6, 6.07) is 5.31. The van der Waals surface area contributed by atoms with Crippen LogP contribution in [0.1, 0.15) is 26.7 Å². The number of imide groups is 1. The summed E-state index contributed by atoms with van der Waals surface area (Å²) in [5.41, 5.74) is 2.77. The lowest BCUT2D eigenvalue weighted by atomic mass is 9.94. The molecule has 1 saturated heterocycles.